The van der Waals surface area contributed by atoms with Crippen molar-refractivity contribution in [3.8, 4) is 11.1 Å². The third-order valence-corrected chi connectivity index (χ3v) is 3.83. The van der Waals surface area contributed by atoms with Crippen LogP contribution in [0.3, 0.4) is 0 Å². The van der Waals surface area contributed by atoms with Crippen molar-refractivity contribution in [3.05, 3.63) is 53.6 Å². The highest BCUT2D eigenvalue weighted by Crippen LogP contribution is 2.41. The number of anilines is 1. The SMILES string of the molecule is CCN(C(=O)OC)c1cccc2c1Cc1ccccc1-2. The van der Waals surface area contributed by atoms with Crippen LogP contribution in [0.2, 0.25) is 0 Å². The molecule has 3 heteroatoms. The molecule has 3 nitrogen and oxygen atoms in total. The number of hydrogen-bond acceptors (Lipinski definition) is 2. The van der Waals surface area contributed by atoms with E-state index < -0.39 is 0 Å². The van der Waals surface area contributed by atoms with Gasteiger partial charge in [0.25, 0.3) is 0 Å². The zero-order chi connectivity index (χ0) is 14.1. The Morgan fingerprint density at radius 1 is 1.15 bits per heavy atom. The van der Waals surface area contributed by atoms with Crippen LogP contribution >= 0.6 is 0 Å². The second kappa shape index (κ2) is 5.00. The van der Waals surface area contributed by atoms with E-state index in [9.17, 15) is 4.79 Å². The van der Waals surface area contributed by atoms with Crippen molar-refractivity contribution in [1.29, 1.82) is 0 Å². The number of benzene rings is 2. The van der Waals surface area contributed by atoms with Crippen molar-refractivity contribution in [2.75, 3.05) is 18.6 Å². The molecule has 2 aromatic rings. The molecule has 0 heterocycles. The van der Waals surface area contributed by atoms with Crippen LogP contribution in [-0.2, 0) is 11.2 Å². The molecule has 0 N–H and O–H groups in total. The van der Waals surface area contributed by atoms with Gasteiger partial charge in [0.1, 0.15) is 0 Å². The van der Waals surface area contributed by atoms with E-state index >= 15 is 0 Å². The van der Waals surface area contributed by atoms with E-state index in [0.717, 1.165) is 12.1 Å². The average molecular weight is 267 g/mol. The first kappa shape index (κ1) is 12.7. The summed E-state index contributed by atoms with van der Waals surface area (Å²) in [5.41, 5.74) is 5.97. The van der Waals surface area contributed by atoms with Gasteiger partial charge in [-0.3, -0.25) is 4.90 Å². The van der Waals surface area contributed by atoms with Gasteiger partial charge in [0.15, 0.2) is 0 Å². The van der Waals surface area contributed by atoms with Gasteiger partial charge in [-0.1, -0.05) is 36.4 Å². The Kier molecular flexibility index (Phi) is 3.18. The van der Waals surface area contributed by atoms with Crippen molar-refractivity contribution in [2.45, 2.75) is 13.3 Å². The fourth-order valence-electron chi connectivity index (χ4n) is 2.90. The van der Waals surface area contributed by atoms with Gasteiger partial charge in [0, 0.05) is 13.0 Å². The molecule has 1 amide bonds. The number of nitrogens with zero attached hydrogens (tertiary/aromatic N) is 1. The molecule has 0 saturated heterocycles. The number of amides is 1. The maximum absolute atomic E-state index is 11.9. The molecule has 3 rings (SSSR count). The Hall–Kier alpha value is -2.29. The Morgan fingerprint density at radius 3 is 2.65 bits per heavy atom. The third kappa shape index (κ3) is 1.86. The topological polar surface area (TPSA) is 29.5 Å². The Bertz CT molecular complexity index is 664. The molecule has 102 valence electrons. The minimum Gasteiger partial charge on any atom is -0.452 e. The quantitative estimate of drug-likeness (QED) is 0.705. The van der Waals surface area contributed by atoms with Crippen molar-refractivity contribution < 1.29 is 9.53 Å². The molecular formula is C17H17NO2. The second-order valence-electron chi connectivity index (χ2n) is 4.85. The number of ether oxygens (including phenoxy) is 1. The Balaban J connectivity index is 2.11. The standard InChI is InChI=1S/C17H17NO2/c1-3-18(17(19)20-2)16-10-6-9-14-13-8-5-4-7-12(13)11-15(14)16/h4-10H,3,11H2,1-2H3. The third-order valence-electron chi connectivity index (χ3n) is 3.83. The maximum Gasteiger partial charge on any atom is 0.413 e. The van der Waals surface area contributed by atoms with Crippen molar-refractivity contribution in [2.24, 2.45) is 0 Å². The number of carbonyl (C=O) groups is 1. The normalized spacial score (nSPS) is 11.7. The van der Waals surface area contributed by atoms with Gasteiger partial charge in [-0.15, -0.1) is 0 Å². The summed E-state index contributed by atoms with van der Waals surface area (Å²) in [4.78, 5) is 13.6. The molecule has 0 aromatic heterocycles. The molecule has 0 saturated carbocycles. The van der Waals surface area contributed by atoms with E-state index in [-0.39, 0.29) is 6.09 Å². The predicted octanol–water partition coefficient (Wildman–Crippen LogP) is 3.85. The summed E-state index contributed by atoms with van der Waals surface area (Å²) in [6.07, 6.45) is 0.562. The number of rotatable bonds is 2. The van der Waals surface area contributed by atoms with E-state index in [0.29, 0.717) is 6.54 Å². The highest BCUT2D eigenvalue weighted by atomic mass is 16.5. The highest BCUT2D eigenvalue weighted by molar-refractivity contribution is 5.92. The van der Waals surface area contributed by atoms with Crippen LogP contribution in [0.1, 0.15) is 18.1 Å². The van der Waals surface area contributed by atoms with E-state index in [4.69, 9.17) is 4.74 Å². The summed E-state index contributed by atoms with van der Waals surface area (Å²) >= 11 is 0. The van der Waals surface area contributed by atoms with Crippen molar-refractivity contribution >= 4 is 11.8 Å². The molecule has 0 bridgehead atoms. The smallest absolute Gasteiger partial charge is 0.413 e. The van der Waals surface area contributed by atoms with Crippen molar-refractivity contribution in [1.82, 2.24) is 0 Å². The lowest BCUT2D eigenvalue weighted by Crippen LogP contribution is -2.31. The lowest BCUT2D eigenvalue weighted by atomic mass is 10.0. The largest absolute Gasteiger partial charge is 0.452 e. The minimum absolute atomic E-state index is 0.308. The Morgan fingerprint density at radius 2 is 1.90 bits per heavy atom. The predicted molar refractivity (Wildman–Crippen MR) is 80.1 cm³/mol. The molecular weight excluding hydrogens is 250 g/mol. The number of methoxy groups -OCH3 is 1. The minimum atomic E-state index is -0.308. The molecule has 0 radical (unpaired) electrons. The summed E-state index contributed by atoms with van der Waals surface area (Å²) in [5, 5.41) is 0. The van der Waals surface area contributed by atoms with Gasteiger partial charge in [-0.25, -0.2) is 4.79 Å². The summed E-state index contributed by atoms with van der Waals surface area (Å²) < 4.78 is 4.88. The van der Waals surface area contributed by atoms with Crippen LogP contribution in [0.5, 0.6) is 0 Å². The molecule has 0 fully saturated rings. The monoisotopic (exact) mass is 267 g/mol. The van der Waals surface area contributed by atoms with Gasteiger partial charge in [-0.05, 0) is 35.2 Å². The molecule has 0 spiro atoms. The fourth-order valence-corrected chi connectivity index (χ4v) is 2.90. The fraction of sp³-hybridized carbons (Fsp3) is 0.235. The number of carbonyl (C=O) groups excluding carboxylic acids is 1. The molecule has 0 atom stereocenters. The number of fused-ring (bicyclic) bond motifs is 3. The first-order chi connectivity index (χ1) is 9.76. The van der Waals surface area contributed by atoms with Crippen LogP contribution in [0, 0.1) is 0 Å². The van der Waals surface area contributed by atoms with Crippen LogP contribution in [0.4, 0.5) is 10.5 Å². The van der Waals surface area contributed by atoms with Gasteiger partial charge in [0.05, 0.1) is 12.8 Å². The first-order valence-corrected chi connectivity index (χ1v) is 6.82. The molecule has 20 heavy (non-hydrogen) atoms. The van der Waals surface area contributed by atoms with Crippen LogP contribution in [0.15, 0.2) is 42.5 Å². The van der Waals surface area contributed by atoms with Gasteiger partial charge in [-0.2, -0.15) is 0 Å². The van der Waals surface area contributed by atoms with Crippen molar-refractivity contribution in [3.63, 3.8) is 0 Å². The highest BCUT2D eigenvalue weighted by Gasteiger charge is 2.25. The summed E-state index contributed by atoms with van der Waals surface area (Å²) in [6.45, 7) is 2.55. The van der Waals surface area contributed by atoms with Crippen LogP contribution in [-0.4, -0.2) is 19.7 Å². The van der Waals surface area contributed by atoms with E-state index in [1.165, 1.54) is 29.4 Å². The van der Waals surface area contributed by atoms with Crippen LogP contribution in [0.25, 0.3) is 11.1 Å². The van der Waals surface area contributed by atoms with E-state index in [2.05, 4.69) is 30.3 Å². The number of hydrogen-bond donors (Lipinski definition) is 0. The lowest BCUT2D eigenvalue weighted by molar-refractivity contribution is 0.179. The van der Waals surface area contributed by atoms with E-state index in [1.807, 2.05) is 19.1 Å². The first-order valence-electron chi connectivity index (χ1n) is 6.82. The second-order valence-corrected chi connectivity index (χ2v) is 4.85. The van der Waals surface area contributed by atoms with E-state index in [1.54, 1.807) is 4.90 Å². The summed E-state index contributed by atoms with van der Waals surface area (Å²) in [5.74, 6) is 0. The summed E-state index contributed by atoms with van der Waals surface area (Å²) in [6, 6.07) is 14.5. The van der Waals surface area contributed by atoms with Crippen LogP contribution < -0.4 is 4.90 Å². The lowest BCUT2D eigenvalue weighted by Gasteiger charge is -2.22. The van der Waals surface area contributed by atoms with Gasteiger partial charge >= 0.3 is 6.09 Å². The Labute approximate surface area is 118 Å². The molecule has 1 aliphatic rings. The maximum atomic E-state index is 11.9. The average Bonchev–Trinajstić information content (AvgIpc) is 2.87. The molecule has 2 aromatic carbocycles. The van der Waals surface area contributed by atoms with Gasteiger partial charge in [0.2, 0.25) is 0 Å². The molecule has 0 unspecified atom stereocenters. The zero-order valence-electron chi connectivity index (χ0n) is 11.7. The molecule has 1 aliphatic carbocycles. The van der Waals surface area contributed by atoms with Gasteiger partial charge < -0.3 is 4.74 Å². The zero-order valence-corrected chi connectivity index (χ0v) is 11.7. The molecule has 0 aliphatic heterocycles. The summed E-state index contributed by atoms with van der Waals surface area (Å²) in [7, 11) is 1.42.